The highest BCUT2D eigenvalue weighted by molar-refractivity contribution is 5.94. The van der Waals surface area contributed by atoms with Gasteiger partial charge in [0.15, 0.2) is 0 Å². The molecule has 6 heteroatoms. The molecule has 1 aromatic rings. The molecule has 1 fully saturated rings. The maximum Gasteiger partial charge on any atom is 0.310 e. The molecule has 1 aliphatic heterocycles. The molecule has 1 amide bonds. The van der Waals surface area contributed by atoms with Crippen LogP contribution in [0.2, 0.25) is 0 Å². The molecule has 6 nitrogen and oxygen atoms in total. The van der Waals surface area contributed by atoms with E-state index in [9.17, 15) is 9.59 Å². The fourth-order valence-corrected chi connectivity index (χ4v) is 2.55. The highest BCUT2D eigenvalue weighted by atomic mass is 16.5. The van der Waals surface area contributed by atoms with Crippen molar-refractivity contribution in [3.8, 4) is 0 Å². The summed E-state index contributed by atoms with van der Waals surface area (Å²) >= 11 is 0. The summed E-state index contributed by atoms with van der Waals surface area (Å²) in [6, 6.07) is 3.45. The Morgan fingerprint density at radius 1 is 1.55 bits per heavy atom. The third kappa shape index (κ3) is 4.27. The molecule has 2 atom stereocenters. The van der Waals surface area contributed by atoms with E-state index >= 15 is 0 Å². The standard InChI is InChI=1S/C16H22N2O4/c1-12(16(20)21-2)10-18(11-14-6-4-8-22-14)15(19)13-5-3-7-17-9-13/h3,5,7,9,12,14H,4,6,8,10-11H2,1-2H3. The monoisotopic (exact) mass is 306 g/mol. The van der Waals surface area contributed by atoms with Gasteiger partial charge in [0.2, 0.25) is 0 Å². The molecule has 22 heavy (non-hydrogen) atoms. The van der Waals surface area contributed by atoms with Crippen molar-refractivity contribution in [3.63, 3.8) is 0 Å². The van der Waals surface area contributed by atoms with E-state index in [-0.39, 0.29) is 23.9 Å². The van der Waals surface area contributed by atoms with Crippen LogP contribution < -0.4 is 0 Å². The van der Waals surface area contributed by atoms with Crippen molar-refractivity contribution >= 4 is 11.9 Å². The van der Waals surface area contributed by atoms with E-state index in [1.54, 1.807) is 30.2 Å². The summed E-state index contributed by atoms with van der Waals surface area (Å²) in [4.78, 5) is 29.9. The SMILES string of the molecule is COC(=O)C(C)CN(CC1CCCO1)C(=O)c1cccnc1. The van der Waals surface area contributed by atoms with Crippen molar-refractivity contribution in [2.24, 2.45) is 5.92 Å². The zero-order valence-electron chi connectivity index (χ0n) is 13.0. The van der Waals surface area contributed by atoms with Crippen molar-refractivity contribution in [2.75, 3.05) is 26.8 Å². The number of aromatic nitrogens is 1. The van der Waals surface area contributed by atoms with Crippen molar-refractivity contribution in [3.05, 3.63) is 30.1 Å². The first-order valence-corrected chi connectivity index (χ1v) is 7.50. The normalized spacial score (nSPS) is 18.7. The molecule has 0 saturated carbocycles. The quantitative estimate of drug-likeness (QED) is 0.745. The fraction of sp³-hybridized carbons (Fsp3) is 0.562. The molecule has 0 radical (unpaired) electrons. The number of methoxy groups -OCH3 is 1. The lowest BCUT2D eigenvalue weighted by molar-refractivity contribution is -0.145. The lowest BCUT2D eigenvalue weighted by atomic mass is 10.1. The predicted molar refractivity (Wildman–Crippen MR) is 80.3 cm³/mol. The lowest BCUT2D eigenvalue weighted by Gasteiger charge is -2.27. The van der Waals surface area contributed by atoms with Crippen molar-refractivity contribution in [2.45, 2.75) is 25.9 Å². The van der Waals surface area contributed by atoms with Gasteiger partial charge >= 0.3 is 5.97 Å². The molecular weight excluding hydrogens is 284 g/mol. The number of nitrogens with zero attached hydrogens (tertiary/aromatic N) is 2. The summed E-state index contributed by atoms with van der Waals surface area (Å²) < 4.78 is 10.4. The minimum Gasteiger partial charge on any atom is -0.469 e. The summed E-state index contributed by atoms with van der Waals surface area (Å²) in [5.74, 6) is -0.845. The molecule has 2 rings (SSSR count). The number of amides is 1. The first-order chi connectivity index (χ1) is 10.6. The van der Waals surface area contributed by atoms with E-state index < -0.39 is 0 Å². The molecule has 1 aromatic heterocycles. The van der Waals surface area contributed by atoms with Crippen LogP contribution in [0.1, 0.15) is 30.1 Å². The molecule has 0 aromatic carbocycles. The Labute approximate surface area is 130 Å². The molecule has 0 N–H and O–H groups in total. The molecule has 1 aliphatic rings. The second kappa shape index (κ2) is 7.89. The number of ether oxygens (including phenoxy) is 2. The van der Waals surface area contributed by atoms with Gasteiger partial charge in [-0.2, -0.15) is 0 Å². The van der Waals surface area contributed by atoms with Gasteiger partial charge in [-0.05, 0) is 25.0 Å². The van der Waals surface area contributed by atoms with Crippen LogP contribution in [0.15, 0.2) is 24.5 Å². The minimum atomic E-state index is -0.382. The van der Waals surface area contributed by atoms with Gasteiger partial charge in [0.25, 0.3) is 5.91 Å². The molecule has 0 spiro atoms. The van der Waals surface area contributed by atoms with E-state index in [2.05, 4.69) is 4.98 Å². The van der Waals surface area contributed by atoms with Gasteiger partial charge in [-0.15, -0.1) is 0 Å². The maximum atomic E-state index is 12.7. The van der Waals surface area contributed by atoms with Gasteiger partial charge in [-0.3, -0.25) is 14.6 Å². The highest BCUT2D eigenvalue weighted by Gasteiger charge is 2.27. The second-order valence-corrected chi connectivity index (χ2v) is 5.51. The van der Waals surface area contributed by atoms with Crippen LogP contribution in [-0.2, 0) is 14.3 Å². The van der Waals surface area contributed by atoms with Gasteiger partial charge in [-0.25, -0.2) is 0 Å². The van der Waals surface area contributed by atoms with Crippen LogP contribution in [0.25, 0.3) is 0 Å². The average molecular weight is 306 g/mol. The summed E-state index contributed by atoms with van der Waals surface area (Å²) in [6.07, 6.45) is 5.13. The van der Waals surface area contributed by atoms with Gasteiger partial charge in [0.05, 0.1) is 24.7 Å². The van der Waals surface area contributed by atoms with Crippen LogP contribution in [0.3, 0.4) is 0 Å². The van der Waals surface area contributed by atoms with Gasteiger partial charge in [0, 0.05) is 32.1 Å². The molecule has 0 aliphatic carbocycles. The number of carbonyl (C=O) groups is 2. The highest BCUT2D eigenvalue weighted by Crippen LogP contribution is 2.16. The molecule has 0 bridgehead atoms. The van der Waals surface area contributed by atoms with Crippen LogP contribution >= 0.6 is 0 Å². The molecule has 2 heterocycles. The van der Waals surface area contributed by atoms with E-state index in [0.717, 1.165) is 19.4 Å². The first-order valence-electron chi connectivity index (χ1n) is 7.50. The predicted octanol–water partition coefficient (Wildman–Crippen LogP) is 1.51. The average Bonchev–Trinajstić information content (AvgIpc) is 3.06. The van der Waals surface area contributed by atoms with Crippen molar-refractivity contribution in [1.82, 2.24) is 9.88 Å². The number of carbonyl (C=O) groups excluding carboxylic acids is 2. The molecule has 2 unspecified atom stereocenters. The molecule has 120 valence electrons. The number of hydrogen-bond acceptors (Lipinski definition) is 5. The Kier molecular flexibility index (Phi) is 5.89. The van der Waals surface area contributed by atoms with Crippen LogP contribution in [0.5, 0.6) is 0 Å². The first kappa shape index (κ1) is 16.4. The Bertz CT molecular complexity index is 500. The Morgan fingerprint density at radius 3 is 2.95 bits per heavy atom. The van der Waals surface area contributed by atoms with Crippen LogP contribution in [0, 0.1) is 5.92 Å². The number of hydrogen-bond donors (Lipinski definition) is 0. The Balaban J connectivity index is 2.09. The summed E-state index contributed by atoms with van der Waals surface area (Å²) in [7, 11) is 1.35. The summed E-state index contributed by atoms with van der Waals surface area (Å²) in [5.41, 5.74) is 0.512. The fourth-order valence-electron chi connectivity index (χ4n) is 2.55. The lowest BCUT2D eigenvalue weighted by Crippen LogP contribution is -2.41. The summed E-state index contributed by atoms with van der Waals surface area (Å²) in [5, 5.41) is 0. The smallest absolute Gasteiger partial charge is 0.310 e. The maximum absolute atomic E-state index is 12.7. The Morgan fingerprint density at radius 2 is 2.36 bits per heavy atom. The van der Waals surface area contributed by atoms with Crippen molar-refractivity contribution in [1.29, 1.82) is 0 Å². The third-order valence-electron chi connectivity index (χ3n) is 3.74. The van der Waals surface area contributed by atoms with Gasteiger partial charge in [0.1, 0.15) is 0 Å². The van der Waals surface area contributed by atoms with E-state index in [1.165, 1.54) is 13.3 Å². The van der Waals surface area contributed by atoms with E-state index in [4.69, 9.17) is 9.47 Å². The topological polar surface area (TPSA) is 68.7 Å². The van der Waals surface area contributed by atoms with Gasteiger partial charge in [-0.1, -0.05) is 6.92 Å². The van der Waals surface area contributed by atoms with E-state index in [1.807, 2.05) is 0 Å². The zero-order valence-corrected chi connectivity index (χ0v) is 13.0. The number of pyridine rings is 1. The Hall–Kier alpha value is -1.95. The number of rotatable bonds is 6. The summed E-state index contributed by atoms with van der Waals surface area (Å²) in [6.45, 7) is 3.27. The molecular formula is C16H22N2O4. The van der Waals surface area contributed by atoms with Crippen LogP contribution in [-0.4, -0.2) is 54.7 Å². The van der Waals surface area contributed by atoms with Crippen LogP contribution in [0.4, 0.5) is 0 Å². The van der Waals surface area contributed by atoms with Gasteiger partial charge < -0.3 is 14.4 Å². The van der Waals surface area contributed by atoms with E-state index in [0.29, 0.717) is 18.7 Å². The third-order valence-corrected chi connectivity index (χ3v) is 3.74. The number of esters is 1. The largest absolute Gasteiger partial charge is 0.469 e. The zero-order chi connectivity index (χ0) is 15.9. The molecule has 1 saturated heterocycles. The minimum absolute atomic E-state index is 0.0328. The van der Waals surface area contributed by atoms with Crippen molar-refractivity contribution < 1.29 is 19.1 Å². The second-order valence-electron chi connectivity index (χ2n) is 5.51.